The van der Waals surface area contributed by atoms with Gasteiger partial charge >= 0.3 is 5.69 Å². The fraction of sp³-hybridized carbons (Fsp3) is 0.467. The molecule has 106 valence electrons. The van der Waals surface area contributed by atoms with Gasteiger partial charge in [-0.05, 0) is 37.6 Å². The topological polar surface area (TPSA) is 56.0 Å². The lowest BCUT2D eigenvalue weighted by Gasteiger charge is -2.21. The summed E-state index contributed by atoms with van der Waals surface area (Å²) in [4.78, 5) is 24.4. The van der Waals surface area contributed by atoms with Crippen LogP contribution < -0.4 is 11.0 Å². The van der Waals surface area contributed by atoms with E-state index in [-0.39, 0.29) is 17.4 Å². The lowest BCUT2D eigenvalue weighted by atomic mass is 9.91. The van der Waals surface area contributed by atoms with E-state index in [1.807, 2.05) is 18.2 Å². The number of aryl methyl sites for hydroxylation is 2. The van der Waals surface area contributed by atoms with Gasteiger partial charge in [0.25, 0.3) is 0 Å². The molecule has 0 aliphatic carbocycles. The summed E-state index contributed by atoms with van der Waals surface area (Å²) >= 11 is 0. The van der Waals surface area contributed by atoms with Crippen LogP contribution in [-0.2, 0) is 14.1 Å². The molecule has 0 radical (unpaired) electrons. The van der Waals surface area contributed by atoms with Crippen LogP contribution in [0.25, 0.3) is 11.0 Å². The maximum absolute atomic E-state index is 12.5. The van der Waals surface area contributed by atoms with Crippen molar-refractivity contribution in [3.8, 4) is 0 Å². The Morgan fingerprint density at radius 3 is 2.70 bits per heavy atom. The number of nitrogens with one attached hydrogen (secondary N) is 1. The Hall–Kier alpha value is -1.88. The van der Waals surface area contributed by atoms with Crippen molar-refractivity contribution in [2.24, 2.45) is 20.0 Å². The molecular weight excluding hydrogens is 254 g/mol. The van der Waals surface area contributed by atoms with Crippen molar-refractivity contribution < 1.29 is 4.79 Å². The van der Waals surface area contributed by atoms with Gasteiger partial charge in [-0.1, -0.05) is 0 Å². The van der Waals surface area contributed by atoms with Crippen molar-refractivity contribution in [3.63, 3.8) is 0 Å². The lowest BCUT2D eigenvalue weighted by molar-refractivity contribution is 0.0900. The second-order valence-electron chi connectivity index (χ2n) is 5.51. The predicted molar refractivity (Wildman–Crippen MR) is 78.1 cm³/mol. The predicted octanol–water partition coefficient (Wildman–Crippen LogP) is 1.06. The largest absolute Gasteiger partial charge is 0.328 e. The lowest BCUT2D eigenvalue weighted by Crippen LogP contribution is -2.34. The number of rotatable bonds is 2. The number of hydrogen-bond donors (Lipinski definition) is 1. The molecule has 1 aliphatic rings. The quantitative estimate of drug-likeness (QED) is 0.832. The van der Waals surface area contributed by atoms with Gasteiger partial charge in [-0.2, -0.15) is 0 Å². The van der Waals surface area contributed by atoms with E-state index in [1.54, 1.807) is 23.2 Å². The molecule has 0 saturated carbocycles. The Balaban J connectivity index is 2.02. The molecule has 0 bridgehead atoms. The van der Waals surface area contributed by atoms with E-state index < -0.39 is 0 Å². The molecule has 1 saturated heterocycles. The van der Waals surface area contributed by atoms with Crippen LogP contribution in [0.1, 0.15) is 23.2 Å². The molecule has 5 nitrogen and oxygen atoms in total. The van der Waals surface area contributed by atoms with E-state index in [1.165, 1.54) is 0 Å². The number of imidazole rings is 1. The zero-order chi connectivity index (χ0) is 14.3. The first kappa shape index (κ1) is 13.1. The molecule has 3 rings (SSSR count). The first-order chi connectivity index (χ1) is 9.59. The van der Waals surface area contributed by atoms with Gasteiger partial charge in [-0.3, -0.25) is 13.9 Å². The number of carbonyl (C=O) groups excluding carboxylic acids is 1. The summed E-state index contributed by atoms with van der Waals surface area (Å²) in [6.07, 6.45) is 1.99. The van der Waals surface area contributed by atoms with Crippen LogP contribution in [0.5, 0.6) is 0 Å². The van der Waals surface area contributed by atoms with Crippen LogP contribution in [0.3, 0.4) is 0 Å². The highest BCUT2D eigenvalue weighted by Gasteiger charge is 2.22. The summed E-state index contributed by atoms with van der Waals surface area (Å²) in [7, 11) is 3.48. The molecule has 2 heterocycles. The molecule has 1 atom stereocenters. The first-order valence-corrected chi connectivity index (χ1v) is 7.00. The number of Topliss-reactive ketones (excluding diaryl/α,β-unsaturated/α-hetero) is 1. The number of piperidine rings is 1. The van der Waals surface area contributed by atoms with Gasteiger partial charge < -0.3 is 5.32 Å². The van der Waals surface area contributed by atoms with Crippen LogP contribution in [-0.4, -0.2) is 28.0 Å². The Bertz CT molecular complexity index is 721. The highest BCUT2D eigenvalue weighted by Crippen LogP contribution is 2.20. The average Bonchev–Trinajstić information content (AvgIpc) is 2.72. The monoisotopic (exact) mass is 273 g/mol. The summed E-state index contributed by atoms with van der Waals surface area (Å²) in [5, 5.41) is 3.27. The number of fused-ring (bicyclic) bond motifs is 1. The summed E-state index contributed by atoms with van der Waals surface area (Å²) in [5.74, 6) is 0.234. The molecule has 0 spiro atoms. The summed E-state index contributed by atoms with van der Waals surface area (Å²) in [5.41, 5.74) is 2.30. The fourth-order valence-electron chi connectivity index (χ4n) is 2.97. The van der Waals surface area contributed by atoms with Crippen LogP contribution in [0.15, 0.2) is 23.0 Å². The van der Waals surface area contributed by atoms with Gasteiger partial charge in [0.2, 0.25) is 0 Å². The normalized spacial score (nSPS) is 19.4. The smallest absolute Gasteiger partial charge is 0.316 e. The van der Waals surface area contributed by atoms with Crippen molar-refractivity contribution in [1.29, 1.82) is 0 Å². The van der Waals surface area contributed by atoms with Gasteiger partial charge in [-0.15, -0.1) is 0 Å². The highest BCUT2D eigenvalue weighted by molar-refractivity contribution is 6.00. The molecule has 0 amide bonds. The minimum Gasteiger partial charge on any atom is -0.316 e. The van der Waals surface area contributed by atoms with Crippen LogP contribution >= 0.6 is 0 Å². The standard InChI is InChI=1S/C15H19N3O2/c1-17-12-6-5-10(8-13(12)18(2)15(17)20)14(19)11-4-3-7-16-9-11/h5-6,8,11,16H,3-4,7,9H2,1-2H3. The SMILES string of the molecule is Cn1c(=O)n(C)c2cc(C(=O)C3CCCNC3)ccc21. The van der Waals surface area contributed by atoms with E-state index >= 15 is 0 Å². The average molecular weight is 273 g/mol. The van der Waals surface area contributed by atoms with E-state index in [0.29, 0.717) is 5.56 Å². The Morgan fingerprint density at radius 2 is 2.00 bits per heavy atom. The Labute approximate surface area is 117 Å². The number of carbonyl (C=O) groups is 1. The van der Waals surface area contributed by atoms with Crippen molar-refractivity contribution >= 4 is 16.8 Å². The van der Waals surface area contributed by atoms with Gasteiger partial charge in [0, 0.05) is 32.1 Å². The van der Waals surface area contributed by atoms with Crippen LogP contribution in [0.4, 0.5) is 0 Å². The molecule has 1 aromatic heterocycles. The second kappa shape index (κ2) is 4.90. The van der Waals surface area contributed by atoms with Crippen molar-refractivity contribution in [3.05, 3.63) is 34.2 Å². The molecule has 2 aromatic rings. The molecular formula is C15H19N3O2. The Kier molecular flexibility index (Phi) is 3.22. The molecule has 20 heavy (non-hydrogen) atoms. The molecule has 1 N–H and O–H groups in total. The number of nitrogens with zero attached hydrogens (tertiary/aromatic N) is 2. The van der Waals surface area contributed by atoms with Gasteiger partial charge in [0.05, 0.1) is 11.0 Å². The number of hydrogen-bond acceptors (Lipinski definition) is 3. The van der Waals surface area contributed by atoms with Crippen LogP contribution in [0, 0.1) is 5.92 Å². The van der Waals surface area contributed by atoms with E-state index in [4.69, 9.17) is 0 Å². The molecule has 1 aliphatic heterocycles. The number of ketones is 1. The number of aromatic nitrogens is 2. The zero-order valence-corrected chi connectivity index (χ0v) is 11.8. The number of benzene rings is 1. The maximum Gasteiger partial charge on any atom is 0.328 e. The van der Waals surface area contributed by atoms with E-state index in [2.05, 4.69) is 5.32 Å². The minimum absolute atomic E-state index is 0.0574. The third kappa shape index (κ3) is 1.98. The first-order valence-electron chi connectivity index (χ1n) is 7.00. The van der Waals surface area contributed by atoms with Crippen molar-refractivity contribution in [2.45, 2.75) is 12.8 Å². The third-order valence-electron chi connectivity index (χ3n) is 4.22. The molecule has 5 heteroatoms. The van der Waals surface area contributed by atoms with Gasteiger partial charge in [-0.25, -0.2) is 4.79 Å². The zero-order valence-electron chi connectivity index (χ0n) is 11.8. The molecule has 1 aromatic carbocycles. The molecule has 1 fully saturated rings. The van der Waals surface area contributed by atoms with E-state index in [9.17, 15) is 9.59 Å². The highest BCUT2D eigenvalue weighted by atomic mass is 16.1. The van der Waals surface area contributed by atoms with Crippen LogP contribution in [0.2, 0.25) is 0 Å². The summed E-state index contributed by atoms with van der Waals surface area (Å²) < 4.78 is 3.19. The summed E-state index contributed by atoms with van der Waals surface area (Å²) in [6, 6.07) is 5.53. The Morgan fingerprint density at radius 1 is 1.25 bits per heavy atom. The molecule has 1 unspecified atom stereocenters. The second-order valence-corrected chi connectivity index (χ2v) is 5.51. The van der Waals surface area contributed by atoms with Crippen molar-refractivity contribution in [2.75, 3.05) is 13.1 Å². The fourth-order valence-corrected chi connectivity index (χ4v) is 2.97. The van der Waals surface area contributed by atoms with E-state index in [0.717, 1.165) is 37.0 Å². The van der Waals surface area contributed by atoms with Gasteiger partial charge in [0.1, 0.15) is 0 Å². The summed E-state index contributed by atoms with van der Waals surface area (Å²) in [6.45, 7) is 1.75. The minimum atomic E-state index is -0.0658. The van der Waals surface area contributed by atoms with Gasteiger partial charge in [0.15, 0.2) is 5.78 Å². The third-order valence-corrected chi connectivity index (χ3v) is 4.22. The van der Waals surface area contributed by atoms with Crippen molar-refractivity contribution in [1.82, 2.24) is 14.5 Å². The maximum atomic E-state index is 12.5.